The summed E-state index contributed by atoms with van der Waals surface area (Å²) in [6.07, 6.45) is 6.01. The molecule has 0 atom stereocenters. The Kier molecular flexibility index (Phi) is 6.19. The first-order valence-corrected chi connectivity index (χ1v) is 9.89. The summed E-state index contributed by atoms with van der Waals surface area (Å²) >= 11 is 0. The molecule has 1 aromatic heterocycles. The van der Waals surface area contributed by atoms with Crippen LogP contribution < -0.4 is 10.2 Å². The van der Waals surface area contributed by atoms with Gasteiger partial charge in [0.15, 0.2) is 5.96 Å². The minimum atomic E-state index is -0.283. The fourth-order valence-electron chi connectivity index (χ4n) is 4.26. The summed E-state index contributed by atoms with van der Waals surface area (Å²) in [4.78, 5) is 28.0. The number of hydrogen-bond donors (Lipinski definition) is 1. The van der Waals surface area contributed by atoms with Gasteiger partial charge in [0.2, 0.25) is 5.91 Å². The first-order chi connectivity index (χ1) is 13.1. The zero-order valence-corrected chi connectivity index (χ0v) is 16.8. The SMILES string of the molecule is CN=C(NCC1(C(=O)N(C)C)CCCC1)N1CCN(c2ccccn2)CC1. The number of carbonyl (C=O) groups is 1. The third-order valence-corrected chi connectivity index (χ3v) is 5.77. The predicted octanol–water partition coefficient (Wildman–Crippen LogP) is 1.43. The number of nitrogens with zero attached hydrogens (tertiary/aromatic N) is 5. The van der Waals surface area contributed by atoms with Gasteiger partial charge in [-0.3, -0.25) is 9.79 Å². The summed E-state index contributed by atoms with van der Waals surface area (Å²) in [6, 6.07) is 6.02. The number of anilines is 1. The number of rotatable bonds is 4. The maximum Gasteiger partial charge on any atom is 0.230 e. The van der Waals surface area contributed by atoms with Gasteiger partial charge in [-0.1, -0.05) is 18.9 Å². The Balaban J connectivity index is 1.57. The van der Waals surface area contributed by atoms with E-state index in [0.29, 0.717) is 6.54 Å². The predicted molar refractivity (Wildman–Crippen MR) is 109 cm³/mol. The largest absolute Gasteiger partial charge is 0.355 e. The summed E-state index contributed by atoms with van der Waals surface area (Å²) in [7, 11) is 5.53. The van der Waals surface area contributed by atoms with Crippen LogP contribution in [0.5, 0.6) is 0 Å². The van der Waals surface area contributed by atoms with Crippen molar-refractivity contribution < 1.29 is 4.79 Å². The standard InChI is InChI=1S/C20H32N6O/c1-21-19(23-16-20(9-5-6-10-20)18(27)24(2)3)26-14-12-25(13-15-26)17-8-4-7-11-22-17/h4,7-8,11H,5-6,9-10,12-16H2,1-3H3,(H,21,23). The molecule has 2 fully saturated rings. The van der Waals surface area contributed by atoms with E-state index in [9.17, 15) is 4.79 Å². The highest BCUT2D eigenvalue weighted by atomic mass is 16.2. The van der Waals surface area contributed by atoms with E-state index in [0.717, 1.165) is 63.6 Å². The highest BCUT2D eigenvalue weighted by Gasteiger charge is 2.42. The Morgan fingerprint density at radius 2 is 1.93 bits per heavy atom. The Morgan fingerprint density at radius 3 is 2.48 bits per heavy atom. The van der Waals surface area contributed by atoms with Gasteiger partial charge in [-0.2, -0.15) is 0 Å². The van der Waals surface area contributed by atoms with Crippen LogP contribution in [0.25, 0.3) is 0 Å². The van der Waals surface area contributed by atoms with Gasteiger partial charge in [0.05, 0.1) is 5.41 Å². The Bertz CT molecular complexity index is 646. The lowest BCUT2D eigenvalue weighted by molar-refractivity contribution is -0.138. The summed E-state index contributed by atoms with van der Waals surface area (Å²) in [5, 5.41) is 3.51. The molecule has 0 spiro atoms. The summed E-state index contributed by atoms with van der Waals surface area (Å²) in [5.74, 6) is 2.16. The fraction of sp³-hybridized carbons (Fsp3) is 0.650. The average molecular weight is 373 g/mol. The number of amides is 1. The third-order valence-electron chi connectivity index (χ3n) is 5.77. The number of aromatic nitrogens is 1. The summed E-state index contributed by atoms with van der Waals surface area (Å²) in [6.45, 7) is 4.28. The van der Waals surface area contributed by atoms with Crippen LogP contribution in [0.4, 0.5) is 5.82 Å². The lowest BCUT2D eigenvalue weighted by atomic mass is 9.84. The van der Waals surface area contributed by atoms with E-state index < -0.39 is 0 Å². The lowest BCUT2D eigenvalue weighted by Gasteiger charge is -2.38. The second kappa shape index (κ2) is 8.59. The number of piperazine rings is 1. The van der Waals surface area contributed by atoms with E-state index in [1.807, 2.05) is 39.5 Å². The molecule has 0 aromatic carbocycles. The summed E-state index contributed by atoms with van der Waals surface area (Å²) < 4.78 is 0. The molecule has 3 rings (SSSR count). The highest BCUT2D eigenvalue weighted by molar-refractivity contribution is 5.85. The van der Waals surface area contributed by atoms with E-state index >= 15 is 0 Å². The van der Waals surface area contributed by atoms with Crippen molar-refractivity contribution >= 4 is 17.7 Å². The average Bonchev–Trinajstić information content (AvgIpc) is 3.19. The Hall–Kier alpha value is -2.31. The van der Waals surface area contributed by atoms with E-state index in [1.165, 1.54) is 0 Å². The van der Waals surface area contributed by atoms with E-state index in [-0.39, 0.29) is 11.3 Å². The molecule has 0 radical (unpaired) electrons. The highest BCUT2D eigenvalue weighted by Crippen LogP contribution is 2.39. The van der Waals surface area contributed by atoms with Crippen LogP contribution in [0.1, 0.15) is 25.7 Å². The molecule has 148 valence electrons. The van der Waals surface area contributed by atoms with Gasteiger partial charge in [0.25, 0.3) is 0 Å². The van der Waals surface area contributed by atoms with Gasteiger partial charge in [-0.15, -0.1) is 0 Å². The van der Waals surface area contributed by atoms with Crippen LogP contribution in [-0.4, -0.2) is 80.5 Å². The van der Waals surface area contributed by atoms with Gasteiger partial charge < -0.3 is 20.0 Å². The lowest BCUT2D eigenvalue weighted by Crippen LogP contribution is -2.55. The van der Waals surface area contributed by atoms with Crippen molar-refractivity contribution in [1.82, 2.24) is 20.1 Å². The van der Waals surface area contributed by atoms with Crippen LogP contribution in [0.2, 0.25) is 0 Å². The number of hydrogen-bond acceptors (Lipinski definition) is 4. The van der Waals surface area contributed by atoms with Gasteiger partial charge >= 0.3 is 0 Å². The van der Waals surface area contributed by atoms with Crippen molar-refractivity contribution in [2.45, 2.75) is 25.7 Å². The smallest absolute Gasteiger partial charge is 0.230 e. The van der Waals surface area contributed by atoms with Crippen molar-refractivity contribution in [1.29, 1.82) is 0 Å². The number of pyridine rings is 1. The molecule has 1 aromatic rings. The van der Waals surface area contributed by atoms with Crippen LogP contribution in [0.15, 0.2) is 29.4 Å². The number of aliphatic imine (C=N–C) groups is 1. The second-order valence-electron chi connectivity index (χ2n) is 7.75. The van der Waals surface area contributed by atoms with Gasteiger partial charge in [-0.25, -0.2) is 4.98 Å². The Labute approximate surface area is 162 Å². The molecule has 27 heavy (non-hydrogen) atoms. The van der Waals surface area contributed by atoms with E-state index in [2.05, 4.69) is 31.2 Å². The number of carbonyl (C=O) groups excluding carboxylic acids is 1. The van der Waals surface area contributed by atoms with E-state index in [1.54, 1.807) is 4.90 Å². The monoisotopic (exact) mass is 372 g/mol. The molecule has 7 nitrogen and oxygen atoms in total. The minimum Gasteiger partial charge on any atom is -0.355 e. The van der Waals surface area contributed by atoms with Crippen LogP contribution in [0, 0.1) is 5.41 Å². The zero-order chi connectivity index (χ0) is 19.3. The van der Waals surface area contributed by atoms with Crippen molar-refractivity contribution in [2.24, 2.45) is 10.4 Å². The second-order valence-corrected chi connectivity index (χ2v) is 7.75. The van der Waals surface area contributed by atoms with Crippen LogP contribution in [-0.2, 0) is 4.79 Å². The molecule has 2 heterocycles. The van der Waals surface area contributed by atoms with Gasteiger partial charge in [-0.05, 0) is 25.0 Å². The van der Waals surface area contributed by atoms with Crippen LogP contribution >= 0.6 is 0 Å². The molecule has 1 N–H and O–H groups in total. The molecule has 1 saturated carbocycles. The van der Waals surface area contributed by atoms with Crippen molar-refractivity contribution in [3.8, 4) is 0 Å². The zero-order valence-electron chi connectivity index (χ0n) is 16.8. The molecule has 1 aliphatic heterocycles. The van der Waals surface area contributed by atoms with Gasteiger partial charge in [0, 0.05) is 60.1 Å². The molecule has 2 aliphatic rings. The molecule has 1 saturated heterocycles. The summed E-state index contributed by atoms with van der Waals surface area (Å²) in [5.41, 5.74) is -0.283. The molecule has 7 heteroatoms. The Morgan fingerprint density at radius 1 is 1.22 bits per heavy atom. The minimum absolute atomic E-state index is 0.239. The first-order valence-electron chi connectivity index (χ1n) is 9.89. The van der Waals surface area contributed by atoms with Crippen molar-refractivity contribution in [3.05, 3.63) is 24.4 Å². The molecule has 1 amide bonds. The molecule has 1 aliphatic carbocycles. The van der Waals surface area contributed by atoms with Crippen LogP contribution in [0.3, 0.4) is 0 Å². The fourth-order valence-corrected chi connectivity index (χ4v) is 4.26. The van der Waals surface area contributed by atoms with E-state index in [4.69, 9.17) is 0 Å². The maximum atomic E-state index is 12.8. The number of nitrogens with one attached hydrogen (secondary N) is 1. The molecular weight excluding hydrogens is 340 g/mol. The number of guanidine groups is 1. The maximum absolute atomic E-state index is 12.8. The molecular formula is C20H32N6O. The topological polar surface area (TPSA) is 64.1 Å². The van der Waals surface area contributed by atoms with Crippen molar-refractivity contribution in [2.75, 3.05) is 58.8 Å². The third kappa shape index (κ3) is 4.34. The molecule has 0 unspecified atom stereocenters. The first kappa shape index (κ1) is 19.5. The van der Waals surface area contributed by atoms with Crippen molar-refractivity contribution in [3.63, 3.8) is 0 Å². The normalized spacial score (nSPS) is 19.9. The quantitative estimate of drug-likeness (QED) is 0.640. The molecule has 0 bridgehead atoms. The van der Waals surface area contributed by atoms with Gasteiger partial charge in [0.1, 0.15) is 5.82 Å².